The first kappa shape index (κ1) is 16.3. The first-order valence-electron chi connectivity index (χ1n) is 6.61. The summed E-state index contributed by atoms with van der Waals surface area (Å²) in [6.07, 6.45) is 1.53. The second kappa shape index (κ2) is 7.25. The van der Waals surface area contributed by atoms with Crippen molar-refractivity contribution in [3.05, 3.63) is 33.9 Å². The lowest BCUT2D eigenvalue weighted by atomic mass is 10.2. The fourth-order valence-electron chi connectivity index (χ4n) is 1.84. The van der Waals surface area contributed by atoms with Crippen molar-refractivity contribution in [3.63, 3.8) is 0 Å². The lowest BCUT2D eigenvalue weighted by Gasteiger charge is -2.12. The van der Waals surface area contributed by atoms with Crippen molar-refractivity contribution < 1.29 is 14.2 Å². The van der Waals surface area contributed by atoms with Gasteiger partial charge in [-0.3, -0.25) is 5.43 Å². The average Bonchev–Trinajstić information content (AvgIpc) is 2.56. The summed E-state index contributed by atoms with van der Waals surface area (Å²) >= 11 is 0. The quantitative estimate of drug-likeness (QED) is 0.602. The number of benzene rings is 1. The Morgan fingerprint density at radius 2 is 1.83 bits per heavy atom. The number of hydrogen-bond donors (Lipinski definition) is 2. The van der Waals surface area contributed by atoms with Crippen LogP contribution in [0.3, 0.4) is 0 Å². The lowest BCUT2D eigenvalue weighted by Crippen LogP contribution is -2.15. The molecule has 0 saturated heterocycles. The standard InChI is InChI=1S/C14H17N5O4/c1-8-13(16-14(20)19-17-8)18-15-7-9-5-10(21-2)12(23-4)11(6-9)22-3/h5-7H,1-4H3,(H2,16,18,19,20)/b15-7-. The Hall–Kier alpha value is -3.10. The fourth-order valence-corrected chi connectivity index (χ4v) is 1.84. The molecule has 9 nitrogen and oxygen atoms in total. The largest absolute Gasteiger partial charge is 0.493 e. The zero-order valence-corrected chi connectivity index (χ0v) is 13.2. The van der Waals surface area contributed by atoms with Crippen LogP contribution in [-0.4, -0.2) is 42.7 Å². The summed E-state index contributed by atoms with van der Waals surface area (Å²) in [5.41, 5.74) is 3.34. The highest BCUT2D eigenvalue weighted by molar-refractivity contribution is 5.83. The smallest absolute Gasteiger partial charge is 0.363 e. The molecule has 2 N–H and O–H groups in total. The second-order valence-electron chi connectivity index (χ2n) is 4.40. The zero-order chi connectivity index (χ0) is 16.8. The van der Waals surface area contributed by atoms with Crippen LogP contribution in [0.25, 0.3) is 0 Å². The maximum absolute atomic E-state index is 11.1. The molecule has 122 valence electrons. The number of H-pyrrole nitrogens is 1. The van der Waals surface area contributed by atoms with E-state index in [1.54, 1.807) is 19.1 Å². The predicted octanol–water partition coefficient (Wildman–Crippen LogP) is 0.945. The van der Waals surface area contributed by atoms with Gasteiger partial charge in [0.25, 0.3) is 0 Å². The van der Waals surface area contributed by atoms with Gasteiger partial charge >= 0.3 is 5.69 Å². The van der Waals surface area contributed by atoms with Gasteiger partial charge in [-0.1, -0.05) is 0 Å². The Morgan fingerprint density at radius 3 is 2.39 bits per heavy atom. The van der Waals surface area contributed by atoms with Crippen molar-refractivity contribution in [2.75, 3.05) is 26.8 Å². The van der Waals surface area contributed by atoms with Gasteiger partial charge in [0.1, 0.15) is 5.69 Å². The lowest BCUT2D eigenvalue weighted by molar-refractivity contribution is 0.324. The van der Waals surface area contributed by atoms with Crippen LogP contribution < -0.4 is 25.3 Å². The fraction of sp³-hybridized carbons (Fsp3) is 0.286. The molecular formula is C14H17N5O4. The molecule has 0 amide bonds. The molecule has 0 aliphatic carbocycles. The molecule has 9 heteroatoms. The maximum Gasteiger partial charge on any atom is 0.363 e. The zero-order valence-electron chi connectivity index (χ0n) is 13.2. The summed E-state index contributed by atoms with van der Waals surface area (Å²) in [5.74, 6) is 1.80. The molecule has 1 aromatic heterocycles. The van der Waals surface area contributed by atoms with Gasteiger partial charge in [0, 0.05) is 5.56 Å². The minimum Gasteiger partial charge on any atom is -0.493 e. The monoisotopic (exact) mass is 319 g/mol. The normalized spacial score (nSPS) is 10.6. The van der Waals surface area contributed by atoms with E-state index in [-0.39, 0.29) is 5.82 Å². The van der Waals surface area contributed by atoms with Gasteiger partial charge in [-0.05, 0) is 19.1 Å². The number of nitrogens with one attached hydrogen (secondary N) is 2. The van der Waals surface area contributed by atoms with Gasteiger partial charge in [-0.2, -0.15) is 15.2 Å². The van der Waals surface area contributed by atoms with Gasteiger partial charge in [-0.25, -0.2) is 9.89 Å². The molecule has 2 aromatic rings. The van der Waals surface area contributed by atoms with Crippen LogP contribution in [0.1, 0.15) is 11.3 Å². The first-order chi connectivity index (χ1) is 11.1. The van der Waals surface area contributed by atoms with Crippen molar-refractivity contribution in [1.82, 2.24) is 15.2 Å². The Balaban J connectivity index is 2.25. The van der Waals surface area contributed by atoms with Gasteiger partial charge in [0.15, 0.2) is 17.3 Å². The molecule has 0 atom stereocenters. The molecule has 0 spiro atoms. The summed E-state index contributed by atoms with van der Waals surface area (Å²) in [4.78, 5) is 14.9. The summed E-state index contributed by atoms with van der Waals surface area (Å²) in [6, 6.07) is 3.48. The summed E-state index contributed by atoms with van der Waals surface area (Å²) in [5, 5.41) is 10.1. The number of methoxy groups -OCH3 is 3. The third-order valence-electron chi connectivity index (χ3n) is 2.95. The van der Waals surface area contributed by atoms with Gasteiger partial charge in [-0.15, -0.1) is 0 Å². The Bertz CT molecular complexity index is 747. The summed E-state index contributed by atoms with van der Waals surface area (Å²) in [6.45, 7) is 1.69. The van der Waals surface area contributed by atoms with E-state index in [2.05, 4.69) is 25.7 Å². The molecule has 0 saturated carbocycles. The van der Waals surface area contributed by atoms with E-state index in [9.17, 15) is 4.79 Å². The highest BCUT2D eigenvalue weighted by Gasteiger charge is 2.12. The molecule has 1 aromatic carbocycles. The minimum atomic E-state index is -0.555. The van der Waals surface area contributed by atoms with Crippen molar-refractivity contribution >= 4 is 12.0 Å². The molecule has 2 rings (SSSR count). The number of aryl methyl sites for hydroxylation is 1. The van der Waals surface area contributed by atoms with Crippen molar-refractivity contribution in [1.29, 1.82) is 0 Å². The van der Waals surface area contributed by atoms with E-state index >= 15 is 0 Å². The van der Waals surface area contributed by atoms with Crippen LogP contribution in [0.15, 0.2) is 22.0 Å². The number of hydrogen-bond acceptors (Lipinski definition) is 8. The first-order valence-corrected chi connectivity index (χ1v) is 6.61. The van der Waals surface area contributed by atoms with Crippen molar-refractivity contribution in [2.45, 2.75) is 6.92 Å². The molecule has 0 aliphatic heterocycles. The highest BCUT2D eigenvalue weighted by Crippen LogP contribution is 2.37. The van der Waals surface area contributed by atoms with E-state index in [0.717, 1.165) is 0 Å². The molecule has 0 unspecified atom stereocenters. The number of ether oxygens (including phenoxy) is 3. The number of anilines is 1. The summed E-state index contributed by atoms with van der Waals surface area (Å²) in [7, 11) is 4.60. The number of rotatable bonds is 6. The number of aromatic nitrogens is 3. The van der Waals surface area contributed by atoms with Crippen LogP contribution in [0.5, 0.6) is 17.2 Å². The molecular weight excluding hydrogens is 302 g/mol. The van der Waals surface area contributed by atoms with E-state index in [4.69, 9.17) is 14.2 Å². The number of aromatic amines is 1. The van der Waals surface area contributed by atoms with Crippen molar-refractivity contribution in [3.8, 4) is 17.2 Å². The molecule has 23 heavy (non-hydrogen) atoms. The number of hydrazone groups is 1. The third-order valence-corrected chi connectivity index (χ3v) is 2.95. The topological polar surface area (TPSA) is 111 Å². The van der Waals surface area contributed by atoms with Crippen LogP contribution in [0, 0.1) is 6.92 Å². The molecule has 0 aliphatic rings. The Labute approximate surface area is 132 Å². The van der Waals surface area contributed by atoms with Gasteiger partial charge < -0.3 is 14.2 Å². The van der Waals surface area contributed by atoms with Crippen molar-refractivity contribution in [2.24, 2.45) is 5.10 Å². The van der Waals surface area contributed by atoms with Crippen LogP contribution in [-0.2, 0) is 0 Å². The Kier molecular flexibility index (Phi) is 5.13. The molecule has 0 fully saturated rings. The molecule has 1 heterocycles. The molecule has 0 bridgehead atoms. The van der Waals surface area contributed by atoms with E-state index in [1.807, 2.05) is 0 Å². The molecule has 0 radical (unpaired) electrons. The average molecular weight is 319 g/mol. The highest BCUT2D eigenvalue weighted by atomic mass is 16.5. The van der Waals surface area contributed by atoms with Gasteiger partial charge in [0.2, 0.25) is 5.75 Å². The van der Waals surface area contributed by atoms with E-state index in [1.165, 1.54) is 27.5 Å². The second-order valence-corrected chi connectivity index (χ2v) is 4.40. The third kappa shape index (κ3) is 3.76. The van der Waals surface area contributed by atoms with E-state index < -0.39 is 5.69 Å². The van der Waals surface area contributed by atoms with Crippen LogP contribution in [0.2, 0.25) is 0 Å². The maximum atomic E-state index is 11.1. The van der Waals surface area contributed by atoms with Gasteiger partial charge in [0.05, 0.1) is 27.5 Å². The predicted molar refractivity (Wildman–Crippen MR) is 84.7 cm³/mol. The SMILES string of the molecule is COc1cc(/C=N\Nc2nc(=O)[nH]nc2C)cc(OC)c1OC. The van der Waals surface area contributed by atoms with Crippen LogP contribution >= 0.6 is 0 Å². The summed E-state index contributed by atoms with van der Waals surface area (Å²) < 4.78 is 15.8. The van der Waals surface area contributed by atoms with Crippen LogP contribution in [0.4, 0.5) is 5.82 Å². The minimum absolute atomic E-state index is 0.275. The number of nitrogens with zero attached hydrogens (tertiary/aromatic N) is 3. The Morgan fingerprint density at radius 1 is 1.17 bits per heavy atom. The van der Waals surface area contributed by atoms with E-state index in [0.29, 0.717) is 28.5 Å².